The maximum Gasteiger partial charge on any atom is 0.232 e. The van der Waals surface area contributed by atoms with E-state index < -0.39 is 0 Å². The smallest absolute Gasteiger partial charge is 0.232 e. The van der Waals surface area contributed by atoms with Gasteiger partial charge in [0.25, 0.3) is 0 Å². The summed E-state index contributed by atoms with van der Waals surface area (Å²) in [6, 6.07) is 18.8. The second-order valence-electron chi connectivity index (χ2n) is 7.70. The number of hydrogen-bond acceptors (Lipinski definition) is 3. The summed E-state index contributed by atoms with van der Waals surface area (Å²) in [5.74, 6) is 2.15. The number of imidazole rings is 1. The summed E-state index contributed by atoms with van der Waals surface area (Å²) < 4.78 is 2.35. The lowest BCUT2D eigenvalue weighted by Crippen LogP contribution is -2.40. The van der Waals surface area contributed by atoms with Gasteiger partial charge in [0, 0.05) is 29.9 Å². The fraction of sp³-hybridized carbons (Fsp3) is 0.391. The zero-order valence-electron chi connectivity index (χ0n) is 16.5. The molecule has 1 saturated heterocycles. The van der Waals surface area contributed by atoms with Crippen LogP contribution in [0.1, 0.15) is 44.5 Å². The maximum absolute atomic E-state index is 12.8. The van der Waals surface area contributed by atoms with E-state index in [9.17, 15) is 4.79 Å². The number of aromatic nitrogens is 2. The zero-order valence-corrected chi connectivity index (χ0v) is 17.4. The predicted octanol–water partition coefficient (Wildman–Crippen LogP) is 5.12. The van der Waals surface area contributed by atoms with Gasteiger partial charge >= 0.3 is 0 Å². The molecule has 1 aliphatic heterocycles. The quantitative estimate of drug-likeness (QED) is 0.565. The number of piperidine rings is 1. The molecule has 3 aromatic rings. The first kappa shape index (κ1) is 19.1. The van der Waals surface area contributed by atoms with Crippen LogP contribution in [-0.4, -0.2) is 39.2 Å². The van der Waals surface area contributed by atoms with Gasteiger partial charge in [-0.15, -0.1) is 11.8 Å². The van der Waals surface area contributed by atoms with Crippen molar-refractivity contribution in [2.24, 2.45) is 0 Å². The van der Waals surface area contributed by atoms with E-state index in [0.717, 1.165) is 42.2 Å². The van der Waals surface area contributed by atoms with Crippen LogP contribution < -0.4 is 0 Å². The minimum atomic E-state index is 0.228. The number of likely N-dealkylation sites (tertiary alicyclic amines) is 1. The molecule has 28 heavy (non-hydrogen) atoms. The Bertz CT molecular complexity index is 951. The summed E-state index contributed by atoms with van der Waals surface area (Å²) in [5.41, 5.74) is 2.24. The van der Waals surface area contributed by atoms with E-state index in [1.807, 2.05) is 29.2 Å². The van der Waals surface area contributed by atoms with Gasteiger partial charge in [0.2, 0.25) is 5.91 Å². The first-order chi connectivity index (χ1) is 13.6. The number of rotatable bonds is 5. The summed E-state index contributed by atoms with van der Waals surface area (Å²) in [7, 11) is 0. The Morgan fingerprint density at radius 1 is 1.14 bits per heavy atom. The highest BCUT2D eigenvalue weighted by Gasteiger charge is 2.29. The van der Waals surface area contributed by atoms with Gasteiger partial charge in [-0.2, -0.15) is 0 Å². The normalized spacial score (nSPS) is 17.4. The average Bonchev–Trinajstić information content (AvgIpc) is 3.13. The van der Waals surface area contributed by atoms with E-state index in [-0.39, 0.29) is 5.91 Å². The van der Waals surface area contributed by atoms with Crippen LogP contribution in [0.15, 0.2) is 59.5 Å². The molecule has 2 aromatic carbocycles. The molecule has 1 aromatic heterocycles. The van der Waals surface area contributed by atoms with E-state index in [2.05, 4.69) is 48.7 Å². The first-order valence-corrected chi connectivity index (χ1v) is 11.0. The van der Waals surface area contributed by atoms with Crippen LogP contribution in [0.5, 0.6) is 0 Å². The summed E-state index contributed by atoms with van der Waals surface area (Å²) in [5, 5.41) is 0. The SMILES string of the molecule is CC(C)n1c(C2CCCN(C(=O)CSc3ccccc3)C2)nc2ccccc21. The van der Waals surface area contributed by atoms with E-state index in [4.69, 9.17) is 4.98 Å². The first-order valence-electron chi connectivity index (χ1n) is 10.1. The minimum absolute atomic E-state index is 0.228. The van der Waals surface area contributed by atoms with Crippen LogP contribution in [0.3, 0.4) is 0 Å². The van der Waals surface area contributed by atoms with E-state index in [0.29, 0.717) is 17.7 Å². The van der Waals surface area contributed by atoms with Crippen LogP contribution in [0.2, 0.25) is 0 Å². The lowest BCUT2D eigenvalue weighted by Gasteiger charge is -2.33. The fourth-order valence-electron chi connectivity index (χ4n) is 4.06. The molecule has 4 rings (SSSR count). The third-order valence-corrected chi connectivity index (χ3v) is 6.38. The number of hydrogen-bond donors (Lipinski definition) is 0. The largest absolute Gasteiger partial charge is 0.341 e. The number of thioether (sulfide) groups is 1. The molecule has 1 fully saturated rings. The molecule has 1 atom stereocenters. The molecule has 0 saturated carbocycles. The van der Waals surface area contributed by atoms with Gasteiger partial charge in [0.15, 0.2) is 0 Å². The van der Waals surface area contributed by atoms with Crippen LogP contribution >= 0.6 is 11.8 Å². The molecular weight excluding hydrogens is 366 g/mol. The molecule has 1 amide bonds. The van der Waals surface area contributed by atoms with Crippen molar-refractivity contribution in [3.05, 3.63) is 60.4 Å². The fourth-order valence-corrected chi connectivity index (χ4v) is 4.88. The predicted molar refractivity (Wildman–Crippen MR) is 116 cm³/mol. The molecular formula is C23H27N3OS. The Hall–Kier alpha value is -2.27. The third kappa shape index (κ3) is 3.95. The van der Waals surface area contributed by atoms with Crippen LogP contribution in [0.4, 0.5) is 0 Å². The number of carbonyl (C=O) groups is 1. The van der Waals surface area contributed by atoms with Crippen LogP contribution in [-0.2, 0) is 4.79 Å². The van der Waals surface area contributed by atoms with Gasteiger partial charge in [-0.05, 0) is 51.0 Å². The molecule has 146 valence electrons. The summed E-state index contributed by atoms with van der Waals surface area (Å²) >= 11 is 1.62. The van der Waals surface area contributed by atoms with Gasteiger partial charge in [-0.25, -0.2) is 4.98 Å². The van der Waals surface area contributed by atoms with Gasteiger partial charge in [-0.3, -0.25) is 4.79 Å². The topological polar surface area (TPSA) is 38.1 Å². The highest BCUT2D eigenvalue weighted by atomic mass is 32.2. The molecule has 5 heteroatoms. The highest BCUT2D eigenvalue weighted by Crippen LogP contribution is 2.32. The van der Waals surface area contributed by atoms with E-state index >= 15 is 0 Å². The van der Waals surface area contributed by atoms with Crippen molar-refractivity contribution >= 4 is 28.7 Å². The van der Waals surface area contributed by atoms with Crippen molar-refractivity contribution < 1.29 is 4.79 Å². The molecule has 1 unspecified atom stereocenters. The van der Waals surface area contributed by atoms with Crippen molar-refractivity contribution in [2.75, 3.05) is 18.8 Å². The Kier molecular flexibility index (Phi) is 5.72. The molecule has 1 aliphatic rings. The van der Waals surface area contributed by atoms with Gasteiger partial charge < -0.3 is 9.47 Å². The van der Waals surface area contributed by atoms with Crippen molar-refractivity contribution in [1.82, 2.24) is 14.5 Å². The molecule has 0 bridgehead atoms. The molecule has 0 spiro atoms. The molecule has 0 aliphatic carbocycles. The Morgan fingerprint density at radius 2 is 1.89 bits per heavy atom. The van der Waals surface area contributed by atoms with Crippen LogP contribution in [0, 0.1) is 0 Å². The van der Waals surface area contributed by atoms with Crippen molar-refractivity contribution in [3.8, 4) is 0 Å². The van der Waals surface area contributed by atoms with Crippen LogP contribution in [0.25, 0.3) is 11.0 Å². The monoisotopic (exact) mass is 393 g/mol. The zero-order chi connectivity index (χ0) is 19.5. The summed E-state index contributed by atoms with van der Waals surface area (Å²) in [6.45, 7) is 6.04. The van der Waals surface area contributed by atoms with Crippen molar-refractivity contribution in [2.45, 2.75) is 43.5 Å². The summed E-state index contributed by atoms with van der Waals surface area (Å²) in [6.07, 6.45) is 2.12. The Balaban J connectivity index is 1.50. The van der Waals surface area contributed by atoms with Crippen molar-refractivity contribution in [3.63, 3.8) is 0 Å². The summed E-state index contributed by atoms with van der Waals surface area (Å²) in [4.78, 5) is 21.0. The number of nitrogens with zero attached hydrogens (tertiary/aromatic N) is 3. The standard InChI is InChI=1S/C23H27N3OS/c1-17(2)26-21-13-7-6-12-20(21)24-23(26)18-9-8-14-25(15-18)22(27)16-28-19-10-4-3-5-11-19/h3-7,10-13,17-18H,8-9,14-16H2,1-2H3. The lowest BCUT2D eigenvalue weighted by atomic mass is 9.97. The number of para-hydroxylation sites is 2. The molecule has 0 radical (unpaired) electrons. The molecule has 4 nitrogen and oxygen atoms in total. The number of carbonyl (C=O) groups excluding carboxylic acids is 1. The number of benzene rings is 2. The molecule has 2 heterocycles. The maximum atomic E-state index is 12.8. The minimum Gasteiger partial charge on any atom is -0.341 e. The lowest BCUT2D eigenvalue weighted by molar-refractivity contribution is -0.129. The average molecular weight is 394 g/mol. The Morgan fingerprint density at radius 3 is 2.68 bits per heavy atom. The van der Waals surface area contributed by atoms with Gasteiger partial charge in [0.05, 0.1) is 16.8 Å². The Labute approximate surface area is 170 Å². The third-order valence-electron chi connectivity index (χ3n) is 5.38. The second kappa shape index (κ2) is 8.39. The van der Waals surface area contributed by atoms with Crippen molar-refractivity contribution in [1.29, 1.82) is 0 Å². The highest BCUT2D eigenvalue weighted by molar-refractivity contribution is 8.00. The van der Waals surface area contributed by atoms with E-state index in [1.165, 1.54) is 5.52 Å². The van der Waals surface area contributed by atoms with E-state index in [1.54, 1.807) is 11.8 Å². The number of fused-ring (bicyclic) bond motifs is 1. The van der Waals surface area contributed by atoms with Gasteiger partial charge in [-0.1, -0.05) is 30.3 Å². The second-order valence-corrected chi connectivity index (χ2v) is 8.75. The molecule has 0 N–H and O–H groups in total. The van der Waals surface area contributed by atoms with Gasteiger partial charge in [0.1, 0.15) is 5.82 Å². The number of amides is 1.